The van der Waals surface area contributed by atoms with Crippen molar-refractivity contribution in [1.29, 1.82) is 0 Å². The van der Waals surface area contributed by atoms with Crippen molar-refractivity contribution in [3.63, 3.8) is 0 Å². The van der Waals surface area contributed by atoms with Gasteiger partial charge in [0.25, 0.3) is 0 Å². The number of halogens is 1. The van der Waals surface area contributed by atoms with E-state index >= 15 is 0 Å². The first-order valence-electron chi connectivity index (χ1n) is 10.1. The van der Waals surface area contributed by atoms with Gasteiger partial charge in [0.15, 0.2) is 11.6 Å². The van der Waals surface area contributed by atoms with Crippen molar-refractivity contribution in [2.45, 2.75) is 57.8 Å². The maximum absolute atomic E-state index is 14.1. The topological polar surface area (TPSA) is 51.6 Å². The van der Waals surface area contributed by atoms with Gasteiger partial charge in [-0.05, 0) is 72.4 Å². The smallest absolute Gasteiger partial charge is 0.197 e. The van der Waals surface area contributed by atoms with Gasteiger partial charge in [-0.1, -0.05) is 25.8 Å². The second-order valence-electron chi connectivity index (χ2n) is 7.62. The molecular formula is C23H25FN4. The Morgan fingerprint density at radius 2 is 1.68 bits per heavy atom. The van der Waals surface area contributed by atoms with Crippen LogP contribution in [0.25, 0.3) is 11.6 Å². The Balaban J connectivity index is 1.53. The van der Waals surface area contributed by atoms with E-state index < -0.39 is 0 Å². The highest BCUT2D eigenvalue weighted by Gasteiger charge is 2.41. The van der Waals surface area contributed by atoms with Crippen LogP contribution in [0.1, 0.15) is 66.7 Å². The summed E-state index contributed by atoms with van der Waals surface area (Å²) in [6, 6.07) is 5.58. The summed E-state index contributed by atoms with van der Waals surface area (Å²) < 4.78 is 14.1. The quantitative estimate of drug-likeness (QED) is 0.519. The number of hydrogen-bond donors (Lipinski definition) is 0. The molecule has 0 amide bonds. The Kier molecular flexibility index (Phi) is 5.42. The summed E-state index contributed by atoms with van der Waals surface area (Å²) in [6.45, 7) is 4.04. The van der Waals surface area contributed by atoms with Gasteiger partial charge in [-0.3, -0.25) is 0 Å². The fraction of sp³-hybridized carbons (Fsp3) is 0.391. The molecule has 0 N–H and O–H groups in total. The highest BCUT2D eigenvalue weighted by atomic mass is 19.1. The minimum absolute atomic E-state index is 0.0944. The molecule has 4 rings (SSSR count). The van der Waals surface area contributed by atoms with E-state index in [-0.39, 0.29) is 5.82 Å². The third-order valence-corrected chi connectivity index (χ3v) is 5.53. The zero-order valence-corrected chi connectivity index (χ0v) is 16.4. The minimum Gasteiger partial charge on any atom is -0.234 e. The van der Waals surface area contributed by atoms with E-state index in [1.165, 1.54) is 24.0 Å². The maximum atomic E-state index is 14.1. The number of unbranched alkanes of at least 4 members (excludes halogenated alkanes) is 2. The Morgan fingerprint density at radius 1 is 0.964 bits per heavy atom. The fourth-order valence-electron chi connectivity index (χ4n) is 3.84. The van der Waals surface area contributed by atoms with Crippen molar-refractivity contribution >= 4 is 0 Å². The molecule has 2 unspecified atom stereocenters. The summed E-state index contributed by atoms with van der Waals surface area (Å²) in [7, 11) is 0. The third-order valence-electron chi connectivity index (χ3n) is 5.53. The monoisotopic (exact) mass is 376 g/mol. The van der Waals surface area contributed by atoms with Crippen molar-refractivity contribution < 1.29 is 4.39 Å². The molecule has 0 saturated heterocycles. The predicted molar refractivity (Wildman–Crippen MR) is 108 cm³/mol. The molecule has 0 aliphatic heterocycles. The van der Waals surface area contributed by atoms with Crippen LogP contribution in [0.4, 0.5) is 4.39 Å². The Morgan fingerprint density at radius 3 is 2.39 bits per heavy atom. The molecule has 28 heavy (non-hydrogen) atoms. The Labute approximate surface area is 165 Å². The second-order valence-corrected chi connectivity index (χ2v) is 7.62. The van der Waals surface area contributed by atoms with Gasteiger partial charge in [0.2, 0.25) is 0 Å². The largest absolute Gasteiger partial charge is 0.234 e. The van der Waals surface area contributed by atoms with E-state index in [0.717, 1.165) is 30.4 Å². The molecule has 0 spiro atoms. The Bertz CT molecular complexity index is 941. The third kappa shape index (κ3) is 3.93. The van der Waals surface area contributed by atoms with Crippen molar-refractivity contribution in [3.8, 4) is 11.6 Å². The molecule has 3 aromatic rings. The molecule has 2 atom stereocenters. The van der Waals surface area contributed by atoms with E-state index in [1.807, 2.05) is 25.4 Å². The van der Waals surface area contributed by atoms with E-state index in [0.29, 0.717) is 23.5 Å². The molecule has 2 aromatic heterocycles. The van der Waals surface area contributed by atoms with Crippen LogP contribution in [0.2, 0.25) is 0 Å². The number of rotatable bonds is 7. The van der Waals surface area contributed by atoms with E-state index in [9.17, 15) is 4.39 Å². The van der Waals surface area contributed by atoms with E-state index in [1.54, 1.807) is 24.5 Å². The minimum atomic E-state index is -0.0944. The zero-order chi connectivity index (χ0) is 19.5. The lowest BCUT2D eigenvalue weighted by Gasteiger charge is -2.12. The molecular weight excluding hydrogens is 351 g/mol. The van der Waals surface area contributed by atoms with Gasteiger partial charge in [-0.2, -0.15) is 0 Å². The van der Waals surface area contributed by atoms with E-state index in [2.05, 4.69) is 26.9 Å². The summed E-state index contributed by atoms with van der Waals surface area (Å²) in [5.41, 5.74) is 4.33. The van der Waals surface area contributed by atoms with Crippen LogP contribution in [0, 0.1) is 12.7 Å². The van der Waals surface area contributed by atoms with Gasteiger partial charge >= 0.3 is 0 Å². The fourth-order valence-corrected chi connectivity index (χ4v) is 3.84. The van der Waals surface area contributed by atoms with E-state index in [4.69, 9.17) is 0 Å². The van der Waals surface area contributed by atoms with Crippen LogP contribution in [-0.4, -0.2) is 19.9 Å². The molecule has 1 aliphatic carbocycles. The number of aryl methyl sites for hydroxylation is 2. The number of aromatic nitrogens is 4. The second kappa shape index (κ2) is 8.13. The first-order chi connectivity index (χ1) is 13.7. The maximum Gasteiger partial charge on any atom is 0.197 e. The molecule has 1 saturated carbocycles. The zero-order valence-electron chi connectivity index (χ0n) is 16.4. The van der Waals surface area contributed by atoms with Gasteiger partial charge in [-0.15, -0.1) is 0 Å². The lowest BCUT2D eigenvalue weighted by Crippen LogP contribution is -1.99. The average molecular weight is 376 g/mol. The molecule has 144 valence electrons. The standard InChI is InChI=1S/C23H25FN4/c1-3-4-5-7-16-11-21(24)15(2)10-18(16)20-12-19(20)17-13-27-23(28-14-17)22-25-8-6-9-26-22/h6,8-11,13-14,19-20H,3-5,7,12H2,1-2H3. The summed E-state index contributed by atoms with van der Waals surface area (Å²) >= 11 is 0. The first kappa shape index (κ1) is 18.7. The lowest BCUT2D eigenvalue weighted by atomic mass is 9.94. The van der Waals surface area contributed by atoms with Crippen LogP contribution in [0.3, 0.4) is 0 Å². The van der Waals surface area contributed by atoms with Gasteiger partial charge in [0, 0.05) is 24.8 Å². The van der Waals surface area contributed by atoms with Gasteiger partial charge in [0.1, 0.15) is 5.82 Å². The van der Waals surface area contributed by atoms with Crippen LogP contribution in [0.15, 0.2) is 43.0 Å². The van der Waals surface area contributed by atoms with Crippen molar-refractivity contribution in [2.75, 3.05) is 0 Å². The van der Waals surface area contributed by atoms with Crippen LogP contribution in [0.5, 0.6) is 0 Å². The highest BCUT2D eigenvalue weighted by molar-refractivity contribution is 5.45. The van der Waals surface area contributed by atoms with Crippen LogP contribution in [-0.2, 0) is 6.42 Å². The average Bonchev–Trinajstić information content (AvgIpc) is 3.52. The molecule has 0 radical (unpaired) electrons. The van der Waals surface area contributed by atoms with Crippen LogP contribution < -0.4 is 0 Å². The van der Waals surface area contributed by atoms with Gasteiger partial charge in [0.05, 0.1) is 0 Å². The molecule has 5 heteroatoms. The molecule has 2 heterocycles. The SMILES string of the molecule is CCCCCc1cc(F)c(C)cc1C1CC1c1cnc(-c2ncccn2)nc1. The van der Waals surface area contributed by atoms with Crippen molar-refractivity contribution in [1.82, 2.24) is 19.9 Å². The molecule has 0 bridgehead atoms. The van der Waals surface area contributed by atoms with Crippen molar-refractivity contribution in [2.24, 2.45) is 0 Å². The van der Waals surface area contributed by atoms with Crippen LogP contribution >= 0.6 is 0 Å². The number of hydrogen-bond acceptors (Lipinski definition) is 4. The molecule has 1 aromatic carbocycles. The molecule has 1 aliphatic rings. The van der Waals surface area contributed by atoms with Crippen molar-refractivity contribution in [3.05, 3.63) is 71.1 Å². The summed E-state index contributed by atoms with van der Waals surface area (Å²) in [6.07, 6.45) is 12.6. The lowest BCUT2D eigenvalue weighted by molar-refractivity contribution is 0.612. The molecule has 1 fully saturated rings. The number of benzene rings is 1. The van der Waals surface area contributed by atoms with Gasteiger partial charge in [-0.25, -0.2) is 24.3 Å². The summed E-state index contributed by atoms with van der Waals surface area (Å²) in [4.78, 5) is 17.3. The summed E-state index contributed by atoms with van der Waals surface area (Å²) in [5, 5.41) is 0. The molecule has 4 nitrogen and oxygen atoms in total. The summed E-state index contributed by atoms with van der Waals surface area (Å²) in [5.74, 6) is 1.81. The number of nitrogens with zero attached hydrogens (tertiary/aromatic N) is 4. The normalized spacial score (nSPS) is 18.2. The highest BCUT2D eigenvalue weighted by Crippen LogP contribution is 2.55. The predicted octanol–water partition coefficient (Wildman–Crippen LogP) is 5.38. The Hall–Kier alpha value is -2.69. The first-order valence-corrected chi connectivity index (χ1v) is 10.1. The van der Waals surface area contributed by atoms with Gasteiger partial charge < -0.3 is 0 Å².